The first kappa shape index (κ1) is 14.1. The van der Waals surface area contributed by atoms with Crippen LogP contribution in [0.15, 0.2) is 17.0 Å². The molecule has 0 amide bonds. The van der Waals surface area contributed by atoms with Gasteiger partial charge in [0.2, 0.25) is 0 Å². The fourth-order valence-electron chi connectivity index (χ4n) is 1.48. The SMILES string of the molecule is CC1CC1.COC(=O)c1c(C)cc(C)cc1S. The number of thiol groups is 1. The van der Waals surface area contributed by atoms with E-state index in [-0.39, 0.29) is 5.97 Å². The molecule has 1 aliphatic rings. The molecule has 0 aliphatic heterocycles. The zero-order chi connectivity index (χ0) is 13.0. The number of rotatable bonds is 1. The van der Waals surface area contributed by atoms with E-state index in [1.165, 1.54) is 20.0 Å². The number of hydrogen-bond donors (Lipinski definition) is 1. The van der Waals surface area contributed by atoms with Crippen molar-refractivity contribution < 1.29 is 9.53 Å². The summed E-state index contributed by atoms with van der Waals surface area (Å²) >= 11 is 4.23. The first-order valence-electron chi connectivity index (χ1n) is 5.84. The van der Waals surface area contributed by atoms with Crippen molar-refractivity contribution in [3.63, 3.8) is 0 Å². The van der Waals surface area contributed by atoms with Crippen LogP contribution in [0.2, 0.25) is 0 Å². The summed E-state index contributed by atoms with van der Waals surface area (Å²) in [5.41, 5.74) is 2.54. The summed E-state index contributed by atoms with van der Waals surface area (Å²) in [6.07, 6.45) is 2.97. The lowest BCUT2D eigenvalue weighted by Gasteiger charge is -2.07. The van der Waals surface area contributed by atoms with Gasteiger partial charge in [0.1, 0.15) is 0 Å². The van der Waals surface area contributed by atoms with Crippen LogP contribution in [0, 0.1) is 19.8 Å². The van der Waals surface area contributed by atoms with Crippen LogP contribution in [0.1, 0.15) is 41.3 Å². The third kappa shape index (κ3) is 4.43. The Kier molecular flexibility index (Phi) is 5.06. The third-order valence-corrected chi connectivity index (χ3v) is 3.07. The van der Waals surface area contributed by atoms with Crippen molar-refractivity contribution in [3.8, 4) is 0 Å². The molecule has 1 aliphatic carbocycles. The van der Waals surface area contributed by atoms with Crippen LogP contribution in [0.4, 0.5) is 0 Å². The Morgan fingerprint density at radius 1 is 1.35 bits per heavy atom. The summed E-state index contributed by atoms with van der Waals surface area (Å²) in [6, 6.07) is 3.79. The summed E-state index contributed by atoms with van der Waals surface area (Å²) in [6.45, 7) is 6.12. The Labute approximate surface area is 109 Å². The lowest BCUT2D eigenvalue weighted by Crippen LogP contribution is -2.05. The van der Waals surface area contributed by atoms with Gasteiger partial charge in [0.15, 0.2) is 0 Å². The van der Waals surface area contributed by atoms with Crippen LogP contribution in [0.3, 0.4) is 0 Å². The molecule has 0 unspecified atom stereocenters. The molecule has 0 atom stereocenters. The number of aryl methyl sites for hydroxylation is 2. The van der Waals surface area contributed by atoms with Gasteiger partial charge in [0.05, 0.1) is 12.7 Å². The summed E-state index contributed by atoms with van der Waals surface area (Å²) in [5, 5.41) is 0. The predicted molar refractivity (Wildman–Crippen MR) is 72.9 cm³/mol. The average molecular weight is 252 g/mol. The predicted octanol–water partition coefficient (Wildman–Crippen LogP) is 3.80. The van der Waals surface area contributed by atoms with Crippen molar-refractivity contribution in [2.45, 2.75) is 38.5 Å². The van der Waals surface area contributed by atoms with Gasteiger partial charge < -0.3 is 4.74 Å². The van der Waals surface area contributed by atoms with Crippen molar-refractivity contribution in [2.24, 2.45) is 5.92 Å². The van der Waals surface area contributed by atoms with E-state index in [9.17, 15) is 4.79 Å². The van der Waals surface area contributed by atoms with Crippen LogP contribution in [0.5, 0.6) is 0 Å². The fraction of sp³-hybridized carbons (Fsp3) is 0.500. The molecule has 1 fully saturated rings. The molecule has 2 nitrogen and oxygen atoms in total. The molecule has 1 aromatic rings. The zero-order valence-corrected chi connectivity index (χ0v) is 11.8. The summed E-state index contributed by atoms with van der Waals surface area (Å²) in [7, 11) is 1.37. The van der Waals surface area contributed by atoms with Crippen LogP contribution in [-0.2, 0) is 4.74 Å². The second kappa shape index (κ2) is 6.10. The first-order valence-corrected chi connectivity index (χ1v) is 6.29. The summed E-state index contributed by atoms with van der Waals surface area (Å²) in [5.74, 6) is 0.752. The van der Waals surface area contributed by atoms with Crippen molar-refractivity contribution in [1.82, 2.24) is 0 Å². The maximum absolute atomic E-state index is 11.3. The van der Waals surface area contributed by atoms with Gasteiger partial charge in [0.25, 0.3) is 0 Å². The molecule has 0 bridgehead atoms. The molecule has 1 aromatic carbocycles. The monoisotopic (exact) mass is 252 g/mol. The van der Waals surface area contributed by atoms with Crippen LogP contribution < -0.4 is 0 Å². The lowest BCUT2D eigenvalue weighted by molar-refractivity contribution is 0.0596. The minimum Gasteiger partial charge on any atom is -0.465 e. The molecule has 0 heterocycles. The Morgan fingerprint density at radius 2 is 1.88 bits per heavy atom. The van der Waals surface area contributed by atoms with Gasteiger partial charge in [-0.25, -0.2) is 4.79 Å². The van der Waals surface area contributed by atoms with E-state index in [4.69, 9.17) is 0 Å². The van der Waals surface area contributed by atoms with Gasteiger partial charge in [0, 0.05) is 4.90 Å². The zero-order valence-electron chi connectivity index (χ0n) is 10.9. The first-order chi connectivity index (χ1) is 7.95. The Balaban J connectivity index is 0.000000302. The maximum Gasteiger partial charge on any atom is 0.339 e. The quantitative estimate of drug-likeness (QED) is 0.608. The molecule has 3 heteroatoms. The molecule has 0 spiro atoms. The Bertz CT molecular complexity index is 386. The molecule has 17 heavy (non-hydrogen) atoms. The number of hydrogen-bond acceptors (Lipinski definition) is 3. The smallest absolute Gasteiger partial charge is 0.339 e. The van der Waals surface area contributed by atoms with E-state index in [0.29, 0.717) is 10.5 Å². The number of ether oxygens (including phenoxy) is 1. The number of esters is 1. The molecule has 0 aromatic heterocycles. The van der Waals surface area contributed by atoms with Gasteiger partial charge in [-0.3, -0.25) is 0 Å². The number of carbonyl (C=O) groups is 1. The lowest BCUT2D eigenvalue weighted by atomic mass is 10.1. The molecule has 0 saturated heterocycles. The van der Waals surface area contributed by atoms with Gasteiger partial charge in [-0.1, -0.05) is 25.8 Å². The van der Waals surface area contributed by atoms with E-state index in [0.717, 1.165) is 17.0 Å². The van der Waals surface area contributed by atoms with Crippen molar-refractivity contribution in [3.05, 3.63) is 28.8 Å². The van der Waals surface area contributed by atoms with Crippen molar-refractivity contribution >= 4 is 18.6 Å². The van der Waals surface area contributed by atoms with Gasteiger partial charge in [-0.05, 0) is 37.0 Å². The van der Waals surface area contributed by atoms with Crippen molar-refractivity contribution in [2.75, 3.05) is 7.11 Å². The van der Waals surface area contributed by atoms with Gasteiger partial charge in [-0.15, -0.1) is 12.6 Å². The Morgan fingerprint density at radius 3 is 2.24 bits per heavy atom. The largest absolute Gasteiger partial charge is 0.465 e. The minimum absolute atomic E-state index is 0.331. The summed E-state index contributed by atoms with van der Waals surface area (Å²) in [4.78, 5) is 12.0. The highest BCUT2D eigenvalue weighted by molar-refractivity contribution is 7.80. The molecule has 1 saturated carbocycles. The number of methoxy groups -OCH3 is 1. The molecule has 94 valence electrons. The van der Waals surface area contributed by atoms with E-state index in [2.05, 4.69) is 24.3 Å². The second-order valence-electron chi connectivity index (χ2n) is 4.65. The topological polar surface area (TPSA) is 26.3 Å². The highest BCUT2D eigenvalue weighted by atomic mass is 32.1. The van der Waals surface area contributed by atoms with Gasteiger partial charge >= 0.3 is 5.97 Å². The van der Waals surface area contributed by atoms with Gasteiger partial charge in [-0.2, -0.15) is 0 Å². The number of benzene rings is 1. The van der Waals surface area contributed by atoms with Crippen LogP contribution >= 0.6 is 12.6 Å². The Hall–Kier alpha value is -0.960. The molecular formula is C14H20O2S. The minimum atomic E-state index is -0.331. The van der Waals surface area contributed by atoms with Crippen molar-refractivity contribution in [1.29, 1.82) is 0 Å². The van der Waals surface area contributed by atoms with Crippen LogP contribution in [-0.4, -0.2) is 13.1 Å². The van der Waals surface area contributed by atoms with Crippen LogP contribution in [0.25, 0.3) is 0 Å². The normalized spacial score (nSPS) is 13.7. The third-order valence-electron chi connectivity index (χ3n) is 2.71. The molecular weight excluding hydrogens is 232 g/mol. The van der Waals surface area contributed by atoms with E-state index in [1.807, 2.05) is 26.0 Å². The van der Waals surface area contributed by atoms with E-state index in [1.54, 1.807) is 0 Å². The number of carbonyl (C=O) groups excluding carboxylic acids is 1. The molecule has 0 N–H and O–H groups in total. The molecule has 2 rings (SSSR count). The standard InChI is InChI=1S/C10H12O2S.C4H8/c1-6-4-7(2)9(8(13)5-6)10(11)12-3;1-4-2-3-4/h4-5,13H,1-3H3;4H,2-3H2,1H3. The maximum atomic E-state index is 11.3. The highest BCUT2D eigenvalue weighted by Gasteiger charge is 2.13. The highest BCUT2D eigenvalue weighted by Crippen LogP contribution is 2.26. The van der Waals surface area contributed by atoms with E-state index >= 15 is 0 Å². The summed E-state index contributed by atoms with van der Waals surface area (Å²) < 4.78 is 4.65. The van der Waals surface area contributed by atoms with E-state index < -0.39 is 0 Å². The fourth-order valence-corrected chi connectivity index (χ4v) is 1.95. The average Bonchev–Trinajstić information content (AvgIpc) is 2.99. The molecule has 0 radical (unpaired) electrons. The second-order valence-corrected chi connectivity index (χ2v) is 5.13.